The molecule has 1 heterocycles. The molecule has 1 aromatic heterocycles. The summed E-state index contributed by atoms with van der Waals surface area (Å²) in [6.45, 7) is 0.550. The third-order valence-electron chi connectivity index (χ3n) is 2.68. The first kappa shape index (κ1) is 14.6. The highest BCUT2D eigenvalue weighted by molar-refractivity contribution is 7.80. The van der Waals surface area contributed by atoms with Gasteiger partial charge in [0.25, 0.3) is 0 Å². The van der Waals surface area contributed by atoms with Crippen molar-refractivity contribution in [1.29, 1.82) is 0 Å². The number of hydrogen-bond acceptors (Lipinski definition) is 4. The van der Waals surface area contributed by atoms with E-state index in [0.29, 0.717) is 36.8 Å². The monoisotopic (exact) mass is 294 g/mol. The van der Waals surface area contributed by atoms with Crippen LogP contribution in [0.15, 0.2) is 34.9 Å². The zero-order valence-electron chi connectivity index (χ0n) is 10.8. The lowest BCUT2D eigenvalue weighted by atomic mass is 10.2. The number of benzene rings is 1. The molecule has 1 amide bonds. The molecule has 4 nitrogen and oxygen atoms in total. The molecule has 0 atom stereocenters. The Bertz CT molecular complexity index is 569. The standard InChI is InChI=1S/C14H15FN2O2S/c15-11-3-1-10(2-4-11)12-9-17-14(19-12)6-5-13(18)16-7-8-20/h1-4,9,20H,5-8H2,(H,16,18). The number of thiol groups is 1. The van der Waals surface area contributed by atoms with Gasteiger partial charge < -0.3 is 9.73 Å². The van der Waals surface area contributed by atoms with E-state index in [1.54, 1.807) is 18.3 Å². The summed E-state index contributed by atoms with van der Waals surface area (Å²) in [6, 6.07) is 5.98. The quantitative estimate of drug-likeness (QED) is 0.805. The van der Waals surface area contributed by atoms with Crippen molar-refractivity contribution >= 4 is 18.5 Å². The summed E-state index contributed by atoms with van der Waals surface area (Å²) < 4.78 is 18.4. The van der Waals surface area contributed by atoms with E-state index in [0.717, 1.165) is 5.56 Å². The number of carbonyl (C=O) groups excluding carboxylic acids is 1. The zero-order valence-corrected chi connectivity index (χ0v) is 11.7. The van der Waals surface area contributed by atoms with Gasteiger partial charge in [0.2, 0.25) is 5.91 Å². The van der Waals surface area contributed by atoms with E-state index in [2.05, 4.69) is 22.9 Å². The SMILES string of the molecule is O=C(CCc1ncc(-c2ccc(F)cc2)o1)NCCS. The van der Waals surface area contributed by atoms with Crippen molar-refractivity contribution in [2.75, 3.05) is 12.3 Å². The van der Waals surface area contributed by atoms with Gasteiger partial charge in [0, 0.05) is 30.7 Å². The van der Waals surface area contributed by atoms with Crippen LogP contribution in [0.4, 0.5) is 4.39 Å². The van der Waals surface area contributed by atoms with E-state index < -0.39 is 0 Å². The minimum absolute atomic E-state index is 0.0550. The van der Waals surface area contributed by atoms with Crippen LogP contribution in [0, 0.1) is 5.82 Å². The molecule has 6 heteroatoms. The van der Waals surface area contributed by atoms with Gasteiger partial charge in [0.05, 0.1) is 6.20 Å². The maximum absolute atomic E-state index is 12.8. The topological polar surface area (TPSA) is 55.1 Å². The second-order valence-electron chi connectivity index (χ2n) is 4.20. The van der Waals surface area contributed by atoms with Crippen molar-refractivity contribution < 1.29 is 13.6 Å². The molecule has 0 spiro atoms. The summed E-state index contributed by atoms with van der Waals surface area (Å²) in [5.41, 5.74) is 0.754. The maximum Gasteiger partial charge on any atom is 0.220 e. The van der Waals surface area contributed by atoms with Crippen LogP contribution in [0.3, 0.4) is 0 Å². The highest BCUT2D eigenvalue weighted by Crippen LogP contribution is 2.21. The molecule has 20 heavy (non-hydrogen) atoms. The smallest absolute Gasteiger partial charge is 0.220 e. The van der Waals surface area contributed by atoms with Crippen LogP contribution in [0.5, 0.6) is 0 Å². The van der Waals surface area contributed by atoms with Gasteiger partial charge in [-0.3, -0.25) is 4.79 Å². The first-order chi connectivity index (χ1) is 9.69. The van der Waals surface area contributed by atoms with Crippen molar-refractivity contribution in [2.24, 2.45) is 0 Å². The van der Waals surface area contributed by atoms with Gasteiger partial charge in [-0.1, -0.05) is 0 Å². The number of hydrogen-bond donors (Lipinski definition) is 2. The number of oxazole rings is 1. The Hall–Kier alpha value is -1.82. The lowest BCUT2D eigenvalue weighted by Crippen LogP contribution is -2.25. The first-order valence-electron chi connectivity index (χ1n) is 6.27. The molecule has 2 aromatic rings. The molecule has 0 aliphatic heterocycles. The fourth-order valence-electron chi connectivity index (χ4n) is 1.68. The minimum Gasteiger partial charge on any atom is -0.441 e. The Morgan fingerprint density at radius 1 is 1.35 bits per heavy atom. The number of aromatic nitrogens is 1. The molecule has 2 rings (SSSR count). The zero-order chi connectivity index (χ0) is 14.4. The van der Waals surface area contributed by atoms with Gasteiger partial charge in [-0.25, -0.2) is 9.37 Å². The summed E-state index contributed by atoms with van der Waals surface area (Å²) in [7, 11) is 0. The molecule has 1 aromatic carbocycles. The molecule has 0 saturated heterocycles. The van der Waals surface area contributed by atoms with Crippen LogP contribution in [0.2, 0.25) is 0 Å². The van der Waals surface area contributed by atoms with Gasteiger partial charge in [0.15, 0.2) is 11.7 Å². The lowest BCUT2D eigenvalue weighted by molar-refractivity contribution is -0.121. The number of aryl methyl sites for hydroxylation is 1. The Morgan fingerprint density at radius 3 is 2.80 bits per heavy atom. The fraction of sp³-hybridized carbons (Fsp3) is 0.286. The van der Waals surface area contributed by atoms with Crippen molar-refractivity contribution in [3.8, 4) is 11.3 Å². The summed E-state index contributed by atoms with van der Waals surface area (Å²) >= 11 is 4.01. The van der Waals surface area contributed by atoms with Crippen LogP contribution in [-0.4, -0.2) is 23.2 Å². The van der Waals surface area contributed by atoms with Gasteiger partial charge in [-0.05, 0) is 24.3 Å². The Morgan fingerprint density at radius 2 is 2.10 bits per heavy atom. The van der Waals surface area contributed by atoms with E-state index in [-0.39, 0.29) is 11.7 Å². The number of nitrogens with one attached hydrogen (secondary N) is 1. The number of amides is 1. The van der Waals surface area contributed by atoms with Crippen molar-refractivity contribution in [3.63, 3.8) is 0 Å². The highest BCUT2D eigenvalue weighted by Gasteiger charge is 2.08. The normalized spacial score (nSPS) is 10.5. The van der Waals surface area contributed by atoms with Gasteiger partial charge >= 0.3 is 0 Å². The molecular weight excluding hydrogens is 279 g/mol. The predicted molar refractivity (Wildman–Crippen MR) is 77.1 cm³/mol. The van der Waals surface area contributed by atoms with Gasteiger partial charge in [0.1, 0.15) is 5.82 Å². The third-order valence-corrected chi connectivity index (χ3v) is 2.91. The van der Waals surface area contributed by atoms with Crippen molar-refractivity contribution in [1.82, 2.24) is 10.3 Å². The van der Waals surface area contributed by atoms with E-state index >= 15 is 0 Å². The number of nitrogens with zero attached hydrogens (tertiary/aromatic N) is 1. The van der Waals surface area contributed by atoms with Crippen molar-refractivity contribution in [3.05, 3.63) is 42.2 Å². The predicted octanol–water partition coefficient (Wildman–Crippen LogP) is 2.46. The van der Waals surface area contributed by atoms with Crippen LogP contribution in [-0.2, 0) is 11.2 Å². The molecule has 0 aliphatic rings. The molecule has 0 bridgehead atoms. The number of carbonyl (C=O) groups is 1. The molecule has 0 fully saturated rings. The Kier molecular flexibility index (Phi) is 5.17. The summed E-state index contributed by atoms with van der Waals surface area (Å²) in [6.07, 6.45) is 2.32. The largest absolute Gasteiger partial charge is 0.441 e. The molecule has 1 N–H and O–H groups in total. The summed E-state index contributed by atoms with van der Waals surface area (Å²) in [5, 5.41) is 2.72. The Labute approximate surface area is 121 Å². The summed E-state index contributed by atoms with van der Waals surface area (Å²) in [4.78, 5) is 15.5. The summed E-state index contributed by atoms with van der Waals surface area (Å²) in [5.74, 6) is 1.32. The molecular formula is C14H15FN2O2S. The van der Waals surface area contributed by atoms with Crippen LogP contribution in [0.25, 0.3) is 11.3 Å². The molecule has 0 aliphatic carbocycles. The number of halogens is 1. The molecule has 0 unspecified atom stereocenters. The highest BCUT2D eigenvalue weighted by atomic mass is 32.1. The van der Waals surface area contributed by atoms with Gasteiger partial charge in [-0.15, -0.1) is 0 Å². The van der Waals surface area contributed by atoms with Crippen LogP contribution >= 0.6 is 12.6 Å². The lowest BCUT2D eigenvalue weighted by Gasteiger charge is -2.00. The third kappa shape index (κ3) is 4.09. The second-order valence-corrected chi connectivity index (χ2v) is 4.65. The molecule has 106 valence electrons. The number of rotatable bonds is 6. The van der Waals surface area contributed by atoms with E-state index in [4.69, 9.17) is 4.42 Å². The average Bonchev–Trinajstić information content (AvgIpc) is 2.92. The fourth-order valence-corrected chi connectivity index (χ4v) is 1.79. The molecule has 0 saturated carbocycles. The first-order valence-corrected chi connectivity index (χ1v) is 6.90. The van der Waals surface area contributed by atoms with Crippen molar-refractivity contribution in [2.45, 2.75) is 12.8 Å². The van der Waals surface area contributed by atoms with E-state index in [1.807, 2.05) is 0 Å². The Balaban J connectivity index is 1.92. The van der Waals surface area contributed by atoms with E-state index in [9.17, 15) is 9.18 Å². The van der Waals surface area contributed by atoms with Crippen LogP contribution < -0.4 is 5.32 Å². The van der Waals surface area contributed by atoms with Gasteiger partial charge in [-0.2, -0.15) is 12.6 Å². The second kappa shape index (κ2) is 7.09. The average molecular weight is 294 g/mol. The van der Waals surface area contributed by atoms with Crippen LogP contribution in [0.1, 0.15) is 12.3 Å². The minimum atomic E-state index is -0.297. The molecule has 0 radical (unpaired) electrons. The van der Waals surface area contributed by atoms with E-state index in [1.165, 1.54) is 12.1 Å². The maximum atomic E-state index is 12.8.